The van der Waals surface area contributed by atoms with E-state index in [1.807, 2.05) is 0 Å². The first-order valence-corrected chi connectivity index (χ1v) is 6.88. The number of para-hydroxylation sites is 1. The Hall–Kier alpha value is -1.22. The summed E-state index contributed by atoms with van der Waals surface area (Å²) in [5, 5.41) is 3.30. The Morgan fingerprint density at radius 3 is 2.78 bits per heavy atom. The number of carbonyl (C=O) groups excluding carboxylic acids is 1. The van der Waals surface area contributed by atoms with Crippen LogP contribution in [0.2, 0.25) is 5.02 Å². The molecule has 1 saturated carbocycles. The van der Waals surface area contributed by atoms with Gasteiger partial charge in [-0.3, -0.25) is 4.79 Å². The van der Waals surface area contributed by atoms with Crippen molar-refractivity contribution in [1.82, 2.24) is 0 Å². The van der Waals surface area contributed by atoms with Crippen LogP contribution in [0.5, 0.6) is 0 Å². The number of nitrogen functional groups attached to an aromatic ring is 1. The Morgan fingerprint density at radius 1 is 1.39 bits per heavy atom. The molecular formula is C14H19ClN2O. The smallest absolute Gasteiger partial charge is 0.224 e. The minimum atomic E-state index is 0.00157. The number of nitrogens with two attached hydrogens (primary N) is 1. The fourth-order valence-electron chi connectivity index (χ4n) is 2.51. The minimum absolute atomic E-state index is 0.00157. The molecule has 98 valence electrons. The van der Waals surface area contributed by atoms with Crippen LogP contribution in [0.25, 0.3) is 0 Å². The molecule has 1 aliphatic rings. The number of rotatable bonds is 4. The van der Waals surface area contributed by atoms with Crippen molar-refractivity contribution in [1.29, 1.82) is 0 Å². The summed E-state index contributed by atoms with van der Waals surface area (Å²) >= 11 is 6.01. The van der Waals surface area contributed by atoms with Crippen LogP contribution in [0.3, 0.4) is 0 Å². The van der Waals surface area contributed by atoms with Gasteiger partial charge in [-0.1, -0.05) is 43.4 Å². The molecule has 3 nitrogen and oxygen atoms in total. The normalized spacial score (nSPS) is 15.8. The van der Waals surface area contributed by atoms with Gasteiger partial charge in [0.25, 0.3) is 0 Å². The van der Waals surface area contributed by atoms with Crippen LogP contribution in [0.1, 0.15) is 38.5 Å². The molecule has 0 unspecified atom stereocenters. The van der Waals surface area contributed by atoms with Gasteiger partial charge in [0.2, 0.25) is 5.91 Å². The molecule has 1 fully saturated rings. The molecule has 0 atom stereocenters. The molecule has 1 aromatic carbocycles. The second kappa shape index (κ2) is 6.10. The quantitative estimate of drug-likeness (QED) is 0.814. The highest BCUT2D eigenvalue weighted by molar-refractivity contribution is 6.34. The van der Waals surface area contributed by atoms with Crippen molar-refractivity contribution < 1.29 is 4.79 Å². The van der Waals surface area contributed by atoms with Gasteiger partial charge in [-0.15, -0.1) is 0 Å². The summed E-state index contributed by atoms with van der Waals surface area (Å²) in [6.45, 7) is 0. The second-order valence-corrected chi connectivity index (χ2v) is 5.35. The first-order valence-electron chi connectivity index (χ1n) is 6.50. The van der Waals surface area contributed by atoms with E-state index in [0.717, 1.165) is 12.3 Å². The van der Waals surface area contributed by atoms with Crippen LogP contribution < -0.4 is 11.1 Å². The van der Waals surface area contributed by atoms with E-state index >= 15 is 0 Å². The van der Waals surface area contributed by atoms with Gasteiger partial charge >= 0.3 is 0 Å². The molecule has 2 rings (SSSR count). The van der Waals surface area contributed by atoms with E-state index in [1.54, 1.807) is 18.2 Å². The van der Waals surface area contributed by atoms with E-state index in [2.05, 4.69) is 5.32 Å². The summed E-state index contributed by atoms with van der Waals surface area (Å²) < 4.78 is 0. The second-order valence-electron chi connectivity index (χ2n) is 4.94. The number of anilines is 2. The van der Waals surface area contributed by atoms with Crippen LogP contribution in [0, 0.1) is 5.92 Å². The van der Waals surface area contributed by atoms with E-state index in [4.69, 9.17) is 17.3 Å². The lowest BCUT2D eigenvalue weighted by atomic mass is 10.0. The SMILES string of the molecule is Nc1cccc(Cl)c1NC(=O)CCC1CCCC1. The summed E-state index contributed by atoms with van der Waals surface area (Å²) in [7, 11) is 0. The number of benzene rings is 1. The summed E-state index contributed by atoms with van der Waals surface area (Å²) in [5.74, 6) is 0.723. The van der Waals surface area contributed by atoms with Crippen LogP contribution in [0.4, 0.5) is 11.4 Å². The van der Waals surface area contributed by atoms with Crippen molar-refractivity contribution in [2.24, 2.45) is 5.92 Å². The third kappa shape index (κ3) is 3.39. The van der Waals surface area contributed by atoms with Crippen molar-refractivity contribution in [2.45, 2.75) is 38.5 Å². The molecule has 0 spiro atoms. The third-order valence-electron chi connectivity index (χ3n) is 3.56. The highest BCUT2D eigenvalue weighted by Gasteiger charge is 2.16. The number of hydrogen-bond acceptors (Lipinski definition) is 2. The van der Waals surface area contributed by atoms with Gasteiger partial charge in [-0.25, -0.2) is 0 Å². The monoisotopic (exact) mass is 266 g/mol. The molecule has 18 heavy (non-hydrogen) atoms. The molecule has 0 heterocycles. The van der Waals surface area contributed by atoms with Crippen LogP contribution in [-0.4, -0.2) is 5.91 Å². The van der Waals surface area contributed by atoms with Gasteiger partial charge < -0.3 is 11.1 Å². The average Bonchev–Trinajstić information content (AvgIpc) is 2.84. The summed E-state index contributed by atoms with van der Waals surface area (Å²) in [4.78, 5) is 11.8. The molecule has 0 aliphatic heterocycles. The highest BCUT2D eigenvalue weighted by atomic mass is 35.5. The van der Waals surface area contributed by atoms with Crippen LogP contribution in [-0.2, 0) is 4.79 Å². The van der Waals surface area contributed by atoms with E-state index in [1.165, 1.54) is 25.7 Å². The number of carbonyl (C=O) groups is 1. The molecule has 1 amide bonds. The van der Waals surface area contributed by atoms with Crippen molar-refractivity contribution in [3.63, 3.8) is 0 Å². The topological polar surface area (TPSA) is 55.1 Å². The van der Waals surface area contributed by atoms with Gasteiger partial charge in [-0.05, 0) is 24.5 Å². The van der Waals surface area contributed by atoms with Crippen molar-refractivity contribution in [3.05, 3.63) is 23.2 Å². The summed E-state index contributed by atoms with van der Waals surface area (Å²) in [6.07, 6.45) is 6.67. The Bertz CT molecular complexity index is 408. The molecule has 3 N–H and O–H groups in total. The summed E-state index contributed by atoms with van der Waals surface area (Å²) in [6, 6.07) is 5.23. The van der Waals surface area contributed by atoms with E-state index in [9.17, 15) is 4.79 Å². The van der Waals surface area contributed by atoms with Crippen molar-refractivity contribution in [3.8, 4) is 0 Å². The fourth-order valence-corrected chi connectivity index (χ4v) is 2.74. The number of amides is 1. The standard InChI is InChI=1S/C14H19ClN2O/c15-11-6-3-7-12(16)14(11)17-13(18)9-8-10-4-1-2-5-10/h3,6-7,10H,1-2,4-5,8-9,16H2,(H,17,18). The Morgan fingerprint density at radius 2 is 2.11 bits per heavy atom. The first-order chi connectivity index (χ1) is 8.66. The van der Waals surface area contributed by atoms with Gasteiger partial charge in [0.1, 0.15) is 0 Å². The van der Waals surface area contributed by atoms with Gasteiger partial charge in [0, 0.05) is 6.42 Å². The molecule has 1 aliphatic carbocycles. The highest BCUT2D eigenvalue weighted by Crippen LogP contribution is 2.30. The molecule has 4 heteroatoms. The lowest BCUT2D eigenvalue weighted by Crippen LogP contribution is -2.14. The predicted molar refractivity (Wildman–Crippen MR) is 75.7 cm³/mol. The Balaban J connectivity index is 1.86. The average molecular weight is 267 g/mol. The zero-order chi connectivity index (χ0) is 13.0. The molecule has 1 aromatic rings. The van der Waals surface area contributed by atoms with E-state index in [-0.39, 0.29) is 5.91 Å². The molecule has 0 aromatic heterocycles. The molecular weight excluding hydrogens is 248 g/mol. The van der Waals surface area contributed by atoms with Gasteiger partial charge in [0.15, 0.2) is 0 Å². The minimum Gasteiger partial charge on any atom is -0.397 e. The first kappa shape index (κ1) is 13.2. The Labute approximate surface area is 113 Å². The number of nitrogens with one attached hydrogen (secondary N) is 1. The maximum absolute atomic E-state index is 11.8. The number of hydrogen-bond donors (Lipinski definition) is 2. The van der Waals surface area contributed by atoms with Crippen molar-refractivity contribution >= 4 is 28.9 Å². The lowest BCUT2D eigenvalue weighted by molar-refractivity contribution is -0.116. The van der Waals surface area contributed by atoms with Crippen LogP contribution >= 0.6 is 11.6 Å². The van der Waals surface area contributed by atoms with Gasteiger partial charge in [-0.2, -0.15) is 0 Å². The maximum Gasteiger partial charge on any atom is 0.224 e. The maximum atomic E-state index is 11.8. The van der Waals surface area contributed by atoms with E-state index < -0.39 is 0 Å². The van der Waals surface area contributed by atoms with Crippen LogP contribution in [0.15, 0.2) is 18.2 Å². The predicted octanol–water partition coefficient (Wildman–Crippen LogP) is 3.83. The zero-order valence-corrected chi connectivity index (χ0v) is 11.2. The molecule has 0 saturated heterocycles. The van der Waals surface area contributed by atoms with Crippen molar-refractivity contribution in [2.75, 3.05) is 11.1 Å². The summed E-state index contributed by atoms with van der Waals surface area (Å²) in [5.41, 5.74) is 6.84. The third-order valence-corrected chi connectivity index (χ3v) is 3.88. The molecule has 0 bridgehead atoms. The number of halogens is 1. The largest absolute Gasteiger partial charge is 0.397 e. The zero-order valence-electron chi connectivity index (χ0n) is 10.4. The molecule has 0 radical (unpaired) electrons. The lowest BCUT2D eigenvalue weighted by Gasteiger charge is -2.11. The fraction of sp³-hybridized carbons (Fsp3) is 0.500. The Kier molecular flexibility index (Phi) is 4.48. The van der Waals surface area contributed by atoms with E-state index in [0.29, 0.717) is 22.8 Å². The van der Waals surface area contributed by atoms with Gasteiger partial charge in [0.05, 0.1) is 16.4 Å².